The molecule has 0 bridgehead atoms. The molecular weight excluding hydrogens is 456 g/mol. The zero-order valence-corrected chi connectivity index (χ0v) is 20.7. The second kappa shape index (κ2) is 10.1. The standard InChI is InChI=1S/C24H28N4O3S2/c1-5-10-28-23(30)20-15(2)16(3)32-22(20)26-24(28)33-17(4)21(29)25-18-6-8-19(9-7-18)27-11-13-31-14-12-27/h5-9,17H,1,10-14H2,2-4H3,(H,25,29). The Bertz CT molecular complexity index is 1230. The van der Waals surface area contributed by atoms with Crippen molar-refractivity contribution in [2.24, 2.45) is 0 Å². The lowest BCUT2D eigenvalue weighted by Gasteiger charge is -2.28. The molecule has 3 heterocycles. The number of hydrogen-bond acceptors (Lipinski definition) is 7. The Kier molecular flexibility index (Phi) is 7.21. The van der Waals surface area contributed by atoms with Gasteiger partial charge in [-0.3, -0.25) is 14.2 Å². The maximum Gasteiger partial charge on any atom is 0.263 e. The van der Waals surface area contributed by atoms with Crippen LogP contribution in [0.2, 0.25) is 0 Å². The number of carbonyl (C=O) groups excluding carboxylic acids is 1. The molecule has 33 heavy (non-hydrogen) atoms. The van der Waals surface area contributed by atoms with Gasteiger partial charge in [-0.25, -0.2) is 4.98 Å². The van der Waals surface area contributed by atoms with E-state index in [-0.39, 0.29) is 11.5 Å². The number of hydrogen-bond donors (Lipinski definition) is 1. The van der Waals surface area contributed by atoms with E-state index in [1.807, 2.05) is 45.0 Å². The van der Waals surface area contributed by atoms with Crippen molar-refractivity contribution in [3.63, 3.8) is 0 Å². The highest BCUT2D eigenvalue weighted by molar-refractivity contribution is 8.00. The normalized spacial score (nSPS) is 14.9. The molecule has 7 nitrogen and oxygen atoms in total. The molecule has 1 atom stereocenters. The minimum Gasteiger partial charge on any atom is -0.378 e. The van der Waals surface area contributed by atoms with Crippen LogP contribution in [0.1, 0.15) is 17.4 Å². The lowest BCUT2D eigenvalue weighted by molar-refractivity contribution is -0.115. The second-order valence-corrected chi connectivity index (χ2v) is 10.5. The van der Waals surface area contributed by atoms with Gasteiger partial charge in [0, 0.05) is 35.9 Å². The lowest BCUT2D eigenvalue weighted by atomic mass is 10.2. The van der Waals surface area contributed by atoms with Crippen molar-refractivity contribution >= 4 is 50.6 Å². The van der Waals surface area contributed by atoms with E-state index >= 15 is 0 Å². The summed E-state index contributed by atoms with van der Waals surface area (Å²) in [6, 6.07) is 7.85. The number of nitrogens with one attached hydrogen (secondary N) is 1. The number of anilines is 2. The van der Waals surface area contributed by atoms with Gasteiger partial charge in [0.1, 0.15) is 4.83 Å². The number of ether oxygens (including phenoxy) is 1. The van der Waals surface area contributed by atoms with E-state index in [4.69, 9.17) is 9.72 Å². The van der Waals surface area contributed by atoms with Gasteiger partial charge in [-0.15, -0.1) is 17.9 Å². The van der Waals surface area contributed by atoms with Gasteiger partial charge in [0.2, 0.25) is 5.91 Å². The fourth-order valence-electron chi connectivity index (χ4n) is 3.72. The largest absolute Gasteiger partial charge is 0.378 e. The minimum absolute atomic E-state index is 0.0874. The van der Waals surface area contributed by atoms with Crippen LogP contribution in [0.3, 0.4) is 0 Å². The summed E-state index contributed by atoms with van der Waals surface area (Å²) in [7, 11) is 0. The molecule has 1 aliphatic heterocycles. The number of rotatable bonds is 7. The molecule has 1 aliphatic rings. The monoisotopic (exact) mass is 484 g/mol. The Labute approximate surface area is 201 Å². The quantitative estimate of drug-likeness (QED) is 0.307. The summed E-state index contributed by atoms with van der Waals surface area (Å²) in [5.74, 6) is -0.142. The van der Waals surface area contributed by atoms with Crippen molar-refractivity contribution in [2.45, 2.75) is 37.7 Å². The minimum atomic E-state index is -0.438. The predicted octanol–water partition coefficient (Wildman–Crippen LogP) is 4.22. The van der Waals surface area contributed by atoms with Gasteiger partial charge < -0.3 is 15.0 Å². The van der Waals surface area contributed by atoms with Gasteiger partial charge in [-0.05, 0) is 50.6 Å². The van der Waals surface area contributed by atoms with Gasteiger partial charge in [0.15, 0.2) is 5.16 Å². The lowest BCUT2D eigenvalue weighted by Crippen LogP contribution is -2.36. The van der Waals surface area contributed by atoms with E-state index in [9.17, 15) is 9.59 Å². The van der Waals surface area contributed by atoms with Crippen LogP contribution in [0.25, 0.3) is 10.2 Å². The predicted molar refractivity (Wildman–Crippen MR) is 137 cm³/mol. The van der Waals surface area contributed by atoms with Gasteiger partial charge in [-0.1, -0.05) is 17.8 Å². The molecule has 4 rings (SSSR count). The fraction of sp³-hybridized carbons (Fsp3) is 0.375. The maximum atomic E-state index is 13.1. The fourth-order valence-corrected chi connectivity index (χ4v) is 5.71. The van der Waals surface area contributed by atoms with Crippen LogP contribution in [0, 0.1) is 13.8 Å². The Hall–Kier alpha value is -2.62. The number of fused-ring (bicyclic) bond motifs is 1. The van der Waals surface area contributed by atoms with Gasteiger partial charge in [-0.2, -0.15) is 0 Å². The van der Waals surface area contributed by atoms with Crippen LogP contribution < -0.4 is 15.8 Å². The summed E-state index contributed by atoms with van der Waals surface area (Å²) in [5, 5.41) is 3.72. The van der Waals surface area contributed by atoms with Crippen molar-refractivity contribution < 1.29 is 9.53 Å². The second-order valence-electron chi connectivity index (χ2n) is 7.96. The number of aryl methyl sites for hydroxylation is 2. The third-order valence-electron chi connectivity index (χ3n) is 5.73. The number of thioether (sulfide) groups is 1. The molecule has 3 aromatic rings. The molecule has 2 aromatic heterocycles. The van der Waals surface area contributed by atoms with E-state index < -0.39 is 5.25 Å². The van der Waals surface area contributed by atoms with E-state index in [2.05, 4.69) is 16.8 Å². The van der Waals surface area contributed by atoms with Gasteiger partial charge >= 0.3 is 0 Å². The first kappa shape index (κ1) is 23.5. The van der Waals surface area contributed by atoms with Crippen LogP contribution in [-0.4, -0.2) is 47.0 Å². The van der Waals surface area contributed by atoms with Crippen molar-refractivity contribution in [1.29, 1.82) is 0 Å². The van der Waals surface area contributed by atoms with Gasteiger partial charge in [0.05, 0.1) is 23.8 Å². The molecule has 174 valence electrons. The van der Waals surface area contributed by atoms with Crippen LogP contribution in [0.4, 0.5) is 11.4 Å². The van der Waals surface area contributed by atoms with Crippen LogP contribution >= 0.6 is 23.1 Å². The first-order valence-corrected chi connectivity index (χ1v) is 12.6. The Morgan fingerprint density at radius 1 is 1.30 bits per heavy atom. The molecule has 1 saturated heterocycles. The third-order valence-corrected chi connectivity index (χ3v) is 7.92. The molecule has 0 saturated carbocycles. The molecule has 1 fully saturated rings. The summed E-state index contributed by atoms with van der Waals surface area (Å²) in [6.45, 7) is 13.1. The number of nitrogens with zero attached hydrogens (tertiary/aromatic N) is 3. The Morgan fingerprint density at radius 3 is 2.67 bits per heavy atom. The summed E-state index contributed by atoms with van der Waals surface area (Å²) in [6.07, 6.45) is 1.67. The van der Waals surface area contributed by atoms with Crippen molar-refractivity contribution in [3.05, 3.63) is 57.7 Å². The van der Waals surface area contributed by atoms with Gasteiger partial charge in [0.25, 0.3) is 5.56 Å². The highest BCUT2D eigenvalue weighted by Gasteiger charge is 2.21. The summed E-state index contributed by atoms with van der Waals surface area (Å²) >= 11 is 2.79. The Balaban J connectivity index is 1.50. The SMILES string of the molecule is C=CCn1c(SC(C)C(=O)Nc2ccc(N3CCOCC3)cc2)nc2sc(C)c(C)c2c1=O. The number of morpholine rings is 1. The number of allylic oxidation sites excluding steroid dienone is 1. The molecule has 9 heteroatoms. The summed E-state index contributed by atoms with van der Waals surface area (Å²) in [4.78, 5) is 34.8. The Morgan fingerprint density at radius 2 is 2.00 bits per heavy atom. The zero-order valence-electron chi connectivity index (χ0n) is 19.1. The zero-order chi connectivity index (χ0) is 23.5. The van der Waals surface area contributed by atoms with Crippen molar-refractivity contribution in [1.82, 2.24) is 9.55 Å². The summed E-state index contributed by atoms with van der Waals surface area (Å²) < 4.78 is 7.00. The number of aromatic nitrogens is 2. The first-order valence-electron chi connectivity index (χ1n) is 10.9. The molecule has 1 N–H and O–H groups in total. The van der Waals surface area contributed by atoms with E-state index in [1.54, 1.807) is 10.6 Å². The van der Waals surface area contributed by atoms with E-state index in [0.29, 0.717) is 21.9 Å². The van der Waals surface area contributed by atoms with E-state index in [0.717, 1.165) is 48.1 Å². The average Bonchev–Trinajstić information content (AvgIpc) is 3.10. The molecular formula is C24H28N4O3S2. The summed E-state index contributed by atoms with van der Waals surface area (Å²) in [5.41, 5.74) is 2.73. The molecule has 1 amide bonds. The van der Waals surface area contributed by atoms with Crippen molar-refractivity contribution in [3.8, 4) is 0 Å². The first-order chi connectivity index (χ1) is 15.9. The number of thiophene rings is 1. The third kappa shape index (κ3) is 5.00. The number of carbonyl (C=O) groups is 1. The van der Waals surface area contributed by atoms with Crippen LogP contribution in [0.5, 0.6) is 0 Å². The highest BCUT2D eigenvalue weighted by Crippen LogP contribution is 2.30. The topological polar surface area (TPSA) is 76.5 Å². The molecule has 0 spiro atoms. The average molecular weight is 485 g/mol. The molecule has 0 aliphatic carbocycles. The molecule has 0 radical (unpaired) electrons. The molecule has 1 aromatic carbocycles. The number of benzene rings is 1. The maximum absolute atomic E-state index is 13.1. The van der Waals surface area contributed by atoms with Crippen molar-refractivity contribution in [2.75, 3.05) is 36.5 Å². The smallest absolute Gasteiger partial charge is 0.263 e. The van der Waals surface area contributed by atoms with Crippen LogP contribution in [0.15, 0.2) is 46.9 Å². The van der Waals surface area contributed by atoms with E-state index in [1.165, 1.54) is 23.1 Å². The number of amides is 1. The van der Waals surface area contributed by atoms with Crippen LogP contribution in [-0.2, 0) is 16.1 Å². The molecule has 1 unspecified atom stereocenters. The highest BCUT2D eigenvalue weighted by atomic mass is 32.2.